The van der Waals surface area contributed by atoms with Crippen LogP contribution in [0.1, 0.15) is 36.0 Å². The van der Waals surface area contributed by atoms with E-state index in [-0.39, 0.29) is 18.0 Å². The van der Waals surface area contributed by atoms with Crippen LogP contribution in [0.5, 0.6) is 0 Å². The lowest BCUT2D eigenvalue weighted by atomic mass is 9.89. The largest absolute Gasteiger partial charge is 0.374 e. The minimum atomic E-state index is -0.309. The molecule has 1 aromatic rings. The van der Waals surface area contributed by atoms with Crippen LogP contribution in [-0.4, -0.2) is 31.6 Å². The summed E-state index contributed by atoms with van der Waals surface area (Å²) >= 11 is 0. The van der Waals surface area contributed by atoms with E-state index in [1.165, 1.54) is 12.5 Å². The van der Waals surface area contributed by atoms with Crippen LogP contribution in [0.4, 0.5) is 10.1 Å². The molecule has 0 N–H and O–H groups in total. The highest BCUT2D eigenvalue weighted by Gasteiger charge is 2.36. The van der Waals surface area contributed by atoms with Gasteiger partial charge in [0.25, 0.3) is 0 Å². The van der Waals surface area contributed by atoms with Crippen LogP contribution in [0, 0.1) is 5.82 Å². The highest BCUT2D eigenvalue weighted by Crippen LogP contribution is 2.34. The van der Waals surface area contributed by atoms with Gasteiger partial charge in [-0.2, -0.15) is 0 Å². The van der Waals surface area contributed by atoms with Gasteiger partial charge in [0.2, 0.25) is 0 Å². The molecule has 19 heavy (non-hydrogen) atoms. The zero-order valence-electron chi connectivity index (χ0n) is 10.8. The van der Waals surface area contributed by atoms with E-state index in [0.717, 1.165) is 25.5 Å². The van der Waals surface area contributed by atoms with E-state index in [9.17, 15) is 9.18 Å². The quantitative estimate of drug-likeness (QED) is 0.768. The van der Waals surface area contributed by atoms with Gasteiger partial charge in [-0.25, -0.2) is 4.39 Å². The van der Waals surface area contributed by atoms with Crippen molar-refractivity contribution in [2.75, 3.05) is 18.1 Å². The van der Waals surface area contributed by atoms with Crippen molar-refractivity contribution in [1.29, 1.82) is 0 Å². The third-order valence-corrected chi connectivity index (χ3v) is 4.16. The first-order valence-corrected chi connectivity index (χ1v) is 6.93. The van der Waals surface area contributed by atoms with Gasteiger partial charge in [-0.15, -0.1) is 0 Å². The fourth-order valence-corrected chi connectivity index (χ4v) is 3.30. The number of ether oxygens (including phenoxy) is 1. The third-order valence-electron chi connectivity index (χ3n) is 4.16. The normalized spacial score (nSPS) is 26.9. The topological polar surface area (TPSA) is 29.5 Å². The SMILES string of the molecule is O=Cc1cccc(F)c1N1CCOC2CCCCC21. The smallest absolute Gasteiger partial charge is 0.152 e. The molecule has 3 nitrogen and oxygen atoms in total. The van der Waals surface area contributed by atoms with Crippen molar-refractivity contribution in [2.24, 2.45) is 0 Å². The molecule has 1 aromatic carbocycles. The summed E-state index contributed by atoms with van der Waals surface area (Å²) < 4.78 is 19.9. The third kappa shape index (κ3) is 2.25. The molecule has 1 saturated heterocycles. The molecule has 0 radical (unpaired) electrons. The molecule has 3 rings (SSSR count). The first-order chi connectivity index (χ1) is 9.31. The standard InChI is InChI=1S/C15H18FNO2/c16-12-5-3-4-11(10-18)15(12)17-8-9-19-14-7-2-1-6-13(14)17/h3-5,10,13-14H,1-2,6-9H2. The van der Waals surface area contributed by atoms with Crippen LogP contribution in [0.15, 0.2) is 18.2 Å². The second-order valence-electron chi connectivity index (χ2n) is 5.25. The molecule has 102 valence electrons. The molecule has 2 aliphatic rings. The van der Waals surface area contributed by atoms with Gasteiger partial charge in [-0.3, -0.25) is 4.79 Å². The van der Waals surface area contributed by atoms with Crippen molar-refractivity contribution in [3.05, 3.63) is 29.6 Å². The molecule has 0 aromatic heterocycles. The maximum Gasteiger partial charge on any atom is 0.152 e. The maximum absolute atomic E-state index is 14.1. The number of hydrogen-bond acceptors (Lipinski definition) is 3. The number of carbonyl (C=O) groups is 1. The summed E-state index contributed by atoms with van der Waals surface area (Å²) in [5, 5.41) is 0. The van der Waals surface area contributed by atoms with Gasteiger partial charge in [-0.05, 0) is 25.0 Å². The molecule has 4 heteroatoms. The molecular weight excluding hydrogens is 245 g/mol. The molecule has 0 spiro atoms. The zero-order valence-corrected chi connectivity index (χ0v) is 10.8. The van der Waals surface area contributed by atoms with Gasteiger partial charge in [0.1, 0.15) is 5.82 Å². The lowest BCUT2D eigenvalue weighted by Crippen LogP contribution is -2.53. The van der Waals surface area contributed by atoms with Gasteiger partial charge in [0.15, 0.2) is 6.29 Å². The summed E-state index contributed by atoms with van der Waals surface area (Å²) in [4.78, 5) is 13.2. The molecular formula is C15H18FNO2. The van der Waals surface area contributed by atoms with Crippen LogP contribution in [0.2, 0.25) is 0 Å². The van der Waals surface area contributed by atoms with Crippen molar-refractivity contribution in [1.82, 2.24) is 0 Å². The van der Waals surface area contributed by atoms with E-state index < -0.39 is 0 Å². The minimum absolute atomic E-state index is 0.182. The Morgan fingerprint density at radius 3 is 3.00 bits per heavy atom. The Balaban J connectivity index is 1.98. The molecule has 2 fully saturated rings. The van der Waals surface area contributed by atoms with Crippen LogP contribution in [0.25, 0.3) is 0 Å². The number of morpholine rings is 1. The van der Waals surface area contributed by atoms with E-state index in [1.807, 2.05) is 4.90 Å². The van der Waals surface area contributed by atoms with Gasteiger partial charge < -0.3 is 9.64 Å². The minimum Gasteiger partial charge on any atom is -0.374 e. The van der Waals surface area contributed by atoms with Gasteiger partial charge in [0, 0.05) is 12.1 Å². The highest BCUT2D eigenvalue weighted by molar-refractivity contribution is 5.85. The maximum atomic E-state index is 14.1. The number of hydrogen-bond donors (Lipinski definition) is 0. The molecule has 0 amide bonds. The number of carbonyl (C=O) groups excluding carboxylic acids is 1. The van der Waals surface area contributed by atoms with E-state index >= 15 is 0 Å². The van der Waals surface area contributed by atoms with Gasteiger partial charge >= 0.3 is 0 Å². The Labute approximate surface area is 112 Å². The number of halogens is 1. The Kier molecular flexibility index (Phi) is 3.51. The number of fused-ring (bicyclic) bond motifs is 1. The molecule has 1 aliphatic carbocycles. The van der Waals surface area contributed by atoms with Crippen LogP contribution < -0.4 is 4.90 Å². The Hall–Kier alpha value is -1.42. The summed E-state index contributed by atoms with van der Waals surface area (Å²) in [6.45, 7) is 1.26. The summed E-state index contributed by atoms with van der Waals surface area (Å²) in [6, 6.07) is 4.90. The predicted molar refractivity (Wildman–Crippen MR) is 71.1 cm³/mol. The number of anilines is 1. The van der Waals surface area contributed by atoms with Crippen molar-refractivity contribution in [3.8, 4) is 0 Å². The van der Waals surface area contributed by atoms with Crippen LogP contribution >= 0.6 is 0 Å². The number of para-hydroxylation sites is 1. The zero-order chi connectivity index (χ0) is 13.2. The average Bonchev–Trinajstić information content (AvgIpc) is 2.46. The number of benzene rings is 1. The van der Waals surface area contributed by atoms with Gasteiger partial charge in [0.05, 0.1) is 24.4 Å². The number of nitrogens with zero attached hydrogens (tertiary/aromatic N) is 1. The predicted octanol–water partition coefficient (Wildman–Crippen LogP) is 2.79. The molecule has 0 bridgehead atoms. The molecule has 1 saturated carbocycles. The first-order valence-electron chi connectivity index (χ1n) is 6.93. The van der Waals surface area contributed by atoms with Crippen molar-refractivity contribution >= 4 is 12.0 Å². The monoisotopic (exact) mass is 263 g/mol. The fraction of sp³-hybridized carbons (Fsp3) is 0.533. The van der Waals surface area contributed by atoms with Crippen molar-refractivity contribution in [3.63, 3.8) is 0 Å². The van der Waals surface area contributed by atoms with Crippen molar-refractivity contribution < 1.29 is 13.9 Å². The number of rotatable bonds is 2. The van der Waals surface area contributed by atoms with Crippen LogP contribution in [-0.2, 0) is 4.74 Å². The number of aldehydes is 1. The summed E-state index contributed by atoms with van der Waals surface area (Å²) in [6.07, 6.45) is 5.29. The average molecular weight is 263 g/mol. The second kappa shape index (κ2) is 5.29. The van der Waals surface area contributed by atoms with E-state index in [0.29, 0.717) is 24.4 Å². The van der Waals surface area contributed by atoms with E-state index in [1.54, 1.807) is 12.1 Å². The van der Waals surface area contributed by atoms with E-state index in [4.69, 9.17) is 4.74 Å². The summed E-state index contributed by atoms with van der Waals surface area (Å²) in [7, 11) is 0. The fourth-order valence-electron chi connectivity index (χ4n) is 3.30. The first kappa shape index (κ1) is 12.6. The van der Waals surface area contributed by atoms with Gasteiger partial charge in [-0.1, -0.05) is 18.9 Å². The summed E-state index contributed by atoms with van der Waals surface area (Å²) in [5.74, 6) is -0.309. The Bertz CT molecular complexity index is 475. The molecule has 2 atom stereocenters. The molecule has 2 unspecified atom stereocenters. The van der Waals surface area contributed by atoms with Crippen LogP contribution in [0.3, 0.4) is 0 Å². The lowest BCUT2D eigenvalue weighted by molar-refractivity contribution is -0.00895. The Morgan fingerprint density at radius 1 is 1.32 bits per heavy atom. The molecule has 1 aliphatic heterocycles. The second-order valence-corrected chi connectivity index (χ2v) is 5.25. The van der Waals surface area contributed by atoms with Crippen molar-refractivity contribution in [2.45, 2.75) is 37.8 Å². The summed E-state index contributed by atoms with van der Waals surface area (Å²) in [5.41, 5.74) is 0.893. The van der Waals surface area contributed by atoms with E-state index in [2.05, 4.69) is 0 Å². The Morgan fingerprint density at radius 2 is 2.16 bits per heavy atom. The molecule has 1 heterocycles. The highest BCUT2D eigenvalue weighted by atomic mass is 19.1. The lowest BCUT2D eigenvalue weighted by Gasteiger charge is -2.45.